The maximum Gasteiger partial charge on any atom is 0.327 e. The fourth-order valence-corrected chi connectivity index (χ4v) is 2.80. The van der Waals surface area contributed by atoms with Crippen LogP contribution in [-0.2, 0) is 11.2 Å². The lowest BCUT2D eigenvalue weighted by Crippen LogP contribution is -2.49. The Labute approximate surface area is 133 Å². The van der Waals surface area contributed by atoms with Gasteiger partial charge in [-0.3, -0.25) is 14.3 Å². The molecule has 0 bridgehead atoms. The van der Waals surface area contributed by atoms with Crippen LogP contribution in [0.4, 0.5) is 8.78 Å². The third-order valence-electron chi connectivity index (χ3n) is 4.42. The van der Waals surface area contributed by atoms with Gasteiger partial charge in [0, 0.05) is 25.8 Å². The lowest BCUT2D eigenvalue weighted by molar-refractivity contribution is -0.142. The van der Waals surface area contributed by atoms with Crippen molar-refractivity contribution in [3.8, 4) is 0 Å². The van der Waals surface area contributed by atoms with E-state index in [0.29, 0.717) is 38.0 Å². The van der Waals surface area contributed by atoms with Gasteiger partial charge in [0.15, 0.2) is 5.82 Å². The molecule has 0 aliphatic carbocycles. The summed E-state index contributed by atoms with van der Waals surface area (Å²) in [4.78, 5) is 25.4. The van der Waals surface area contributed by atoms with Gasteiger partial charge in [-0.1, -0.05) is 20.3 Å². The van der Waals surface area contributed by atoms with E-state index in [0.717, 1.165) is 10.6 Å². The predicted molar refractivity (Wildman–Crippen MR) is 81.8 cm³/mol. The predicted octanol–water partition coefficient (Wildman–Crippen LogP) is 1.86. The molecule has 128 valence electrons. The zero-order chi connectivity index (χ0) is 17.1. The van der Waals surface area contributed by atoms with E-state index in [-0.39, 0.29) is 5.92 Å². The number of hydrogen-bond acceptors (Lipinski definition) is 3. The van der Waals surface area contributed by atoms with Gasteiger partial charge < -0.3 is 5.11 Å². The largest absolute Gasteiger partial charge is 0.480 e. The molecule has 2 unspecified atom stereocenters. The quantitative estimate of drug-likeness (QED) is 0.830. The number of rotatable bonds is 7. The molecule has 0 aromatic carbocycles. The van der Waals surface area contributed by atoms with E-state index in [1.165, 1.54) is 6.20 Å². The minimum absolute atomic E-state index is 0.303. The number of carboxylic acid groups (broad SMARTS) is 1. The summed E-state index contributed by atoms with van der Waals surface area (Å²) in [6, 6.07) is 0.0438. The number of carbonyl (C=O) groups is 1. The van der Waals surface area contributed by atoms with E-state index in [1.807, 2.05) is 11.8 Å². The summed E-state index contributed by atoms with van der Waals surface area (Å²) >= 11 is 0. The third-order valence-corrected chi connectivity index (χ3v) is 4.42. The number of carboxylic acids is 1. The summed E-state index contributed by atoms with van der Waals surface area (Å²) in [5, 5.41) is 9.40. The molecule has 1 aromatic rings. The van der Waals surface area contributed by atoms with Crippen molar-refractivity contribution in [1.29, 1.82) is 0 Å². The van der Waals surface area contributed by atoms with Crippen molar-refractivity contribution >= 4 is 5.97 Å². The number of alkyl halides is 1. The molecule has 23 heavy (non-hydrogen) atoms. The number of nitrogens with zero attached hydrogens (tertiary/aromatic N) is 2. The lowest BCUT2D eigenvalue weighted by Gasteiger charge is -2.34. The molecular weight excluding hydrogens is 306 g/mol. The molecule has 2 heterocycles. The van der Waals surface area contributed by atoms with E-state index in [9.17, 15) is 23.5 Å². The molecule has 1 aromatic heterocycles. The van der Waals surface area contributed by atoms with E-state index in [1.54, 1.807) is 6.92 Å². The summed E-state index contributed by atoms with van der Waals surface area (Å²) in [7, 11) is 0. The van der Waals surface area contributed by atoms with E-state index in [4.69, 9.17) is 0 Å². The van der Waals surface area contributed by atoms with Gasteiger partial charge in [-0.2, -0.15) is 0 Å². The van der Waals surface area contributed by atoms with Crippen LogP contribution in [0, 0.1) is 11.7 Å². The summed E-state index contributed by atoms with van der Waals surface area (Å²) in [5.74, 6) is -2.41. The van der Waals surface area contributed by atoms with E-state index < -0.39 is 29.6 Å². The van der Waals surface area contributed by atoms with Crippen molar-refractivity contribution in [3.05, 3.63) is 34.0 Å². The zero-order valence-corrected chi connectivity index (χ0v) is 13.3. The first-order valence-electron chi connectivity index (χ1n) is 7.83. The molecule has 0 saturated carbocycles. The molecule has 1 fully saturated rings. The fourth-order valence-electron chi connectivity index (χ4n) is 2.80. The van der Waals surface area contributed by atoms with Crippen LogP contribution in [0.1, 0.15) is 31.9 Å². The summed E-state index contributed by atoms with van der Waals surface area (Å²) in [6.07, 6.45) is 1.61. The molecule has 1 aliphatic rings. The van der Waals surface area contributed by atoms with Crippen LogP contribution in [0.2, 0.25) is 0 Å². The monoisotopic (exact) mass is 328 g/mol. The summed E-state index contributed by atoms with van der Waals surface area (Å²) in [5.41, 5.74) is -0.381. The van der Waals surface area contributed by atoms with Crippen molar-refractivity contribution in [2.45, 2.75) is 38.9 Å². The van der Waals surface area contributed by atoms with Crippen LogP contribution < -0.4 is 5.56 Å². The molecule has 0 radical (unpaired) electrons. The zero-order valence-electron chi connectivity index (χ0n) is 13.3. The van der Waals surface area contributed by atoms with Crippen LogP contribution in [0.5, 0.6) is 0 Å². The average Bonchev–Trinajstić information content (AvgIpc) is 2.46. The Bertz CT molecular complexity index is 626. The van der Waals surface area contributed by atoms with E-state index >= 15 is 0 Å². The number of likely N-dealkylation sites (tertiary alicyclic amines) is 1. The number of pyridine rings is 1. The molecule has 5 nitrogen and oxygen atoms in total. The molecule has 1 saturated heterocycles. The van der Waals surface area contributed by atoms with Crippen LogP contribution in [0.3, 0.4) is 0 Å². The maximum absolute atomic E-state index is 13.9. The Morgan fingerprint density at radius 1 is 1.48 bits per heavy atom. The first kappa shape index (κ1) is 17.6. The van der Waals surface area contributed by atoms with Gasteiger partial charge in [-0.05, 0) is 24.0 Å². The van der Waals surface area contributed by atoms with Crippen molar-refractivity contribution in [2.24, 2.45) is 5.92 Å². The van der Waals surface area contributed by atoms with Crippen LogP contribution in [-0.4, -0.2) is 46.3 Å². The Balaban J connectivity index is 2.24. The number of aromatic nitrogens is 1. The summed E-state index contributed by atoms with van der Waals surface area (Å²) in [6.45, 7) is 4.83. The highest BCUT2D eigenvalue weighted by Gasteiger charge is 2.28. The van der Waals surface area contributed by atoms with Crippen LogP contribution >= 0.6 is 0 Å². The number of halogens is 2. The van der Waals surface area contributed by atoms with Gasteiger partial charge >= 0.3 is 5.97 Å². The molecule has 7 heteroatoms. The first-order chi connectivity index (χ1) is 10.8. The van der Waals surface area contributed by atoms with Crippen molar-refractivity contribution < 1.29 is 18.7 Å². The molecule has 1 N–H and O–H groups in total. The molecule has 0 amide bonds. The topological polar surface area (TPSA) is 62.5 Å². The smallest absolute Gasteiger partial charge is 0.327 e. The van der Waals surface area contributed by atoms with Gasteiger partial charge in [-0.25, -0.2) is 13.6 Å². The minimum Gasteiger partial charge on any atom is -0.480 e. The fraction of sp³-hybridized carbons (Fsp3) is 0.625. The van der Waals surface area contributed by atoms with Gasteiger partial charge in [0.25, 0.3) is 5.56 Å². The minimum atomic E-state index is -1.15. The Hall–Kier alpha value is -1.76. The molecule has 1 aliphatic heterocycles. The second-order valence-electron chi connectivity index (χ2n) is 6.18. The Kier molecular flexibility index (Phi) is 5.51. The number of aliphatic carboxylic acids is 1. The van der Waals surface area contributed by atoms with Gasteiger partial charge in [0.2, 0.25) is 0 Å². The van der Waals surface area contributed by atoms with Gasteiger partial charge in [-0.15, -0.1) is 0 Å². The molecule has 0 spiro atoms. The lowest BCUT2D eigenvalue weighted by atomic mass is 9.98. The molecule has 2 atom stereocenters. The molecule has 2 rings (SSSR count). The standard InChI is InChI=1S/C16H22F2N2O3/c1-3-10(2)14(16(22)23)20-7-11(6-13(18)15(20)21)4-5-19-8-12(17)9-19/h6-7,10,12,14H,3-5,8-9H2,1-2H3,(H,22,23). The Morgan fingerprint density at radius 2 is 2.13 bits per heavy atom. The van der Waals surface area contributed by atoms with E-state index in [2.05, 4.69) is 0 Å². The van der Waals surface area contributed by atoms with Crippen molar-refractivity contribution in [2.75, 3.05) is 19.6 Å². The highest BCUT2D eigenvalue weighted by molar-refractivity contribution is 5.72. The van der Waals surface area contributed by atoms with Crippen molar-refractivity contribution in [3.63, 3.8) is 0 Å². The second kappa shape index (κ2) is 7.21. The summed E-state index contributed by atoms with van der Waals surface area (Å²) < 4.78 is 27.7. The Morgan fingerprint density at radius 3 is 2.65 bits per heavy atom. The maximum atomic E-state index is 13.9. The van der Waals surface area contributed by atoms with Crippen LogP contribution in [0.15, 0.2) is 17.1 Å². The highest BCUT2D eigenvalue weighted by atomic mass is 19.1. The first-order valence-corrected chi connectivity index (χ1v) is 7.83. The van der Waals surface area contributed by atoms with Crippen molar-refractivity contribution in [1.82, 2.24) is 9.47 Å². The van der Waals surface area contributed by atoms with Gasteiger partial charge in [0.1, 0.15) is 12.2 Å². The van der Waals surface area contributed by atoms with Gasteiger partial charge in [0.05, 0.1) is 0 Å². The van der Waals surface area contributed by atoms with Crippen LogP contribution in [0.25, 0.3) is 0 Å². The third kappa shape index (κ3) is 3.96. The SMILES string of the molecule is CCC(C)C(C(=O)O)n1cc(CCN2CC(F)C2)cc(F)c1=O. The highest BCUT2D eigenvalue weighted by Crippen LogP contribution is 2.21. The molecular formula is C16H22F2N2O3. The average molecular weight is 328 g/mol. The number of hydrogen-bond donors (Lipinski definition) is 1. The second-order valence-corrected chi connectivity index (χ2v) is 6.18. The normalized spacial score (nSPS) is 18.4.